The maximum absolute atomic E-state index is 2.55. The molecule has 2 fully saturated rings. The molecule has 1 aliphatic heterocycles. The summed E-state index contributed by atoms with van der Waals surface area (Å²) in [4.78, 5) is 0. The predicted molar refractivity (Wildman–Crippen MR) is 103 cm³/mol. The number of hydrogen-bond acceptors (Lipinski definition) is 0. The lowest BCUT2D eigenvalue weighted by molar-refractivity contribution is -0.901. The quantitative estimate of drug-likeness (QED) is 0.256. The van der Waals surface area contributed by atoms with Crippen molar-refractivity contribution in [3.63, 3.8) is 0 Å². The van der Waals surface area contributed by atoms with Crippen LogP contribution < -0.4 is 24.0 Å². The second-order valence-electron chi connectivity index (χ2n) is 9.22. The number of likely N-dealkylation sites (tertiary alicyclic amines) is 1. The normalized spacial score (nSPS) is 25.8. The largest absolute Gasteiger partial charge is 1.00 e. The summed E-state index contributed by atoms with van der Waals surface area (Å²) < 4.78 is 1.40. The van der Waals surface area contributed by atoms with Gasteiger partial charge in [-0.1, -0.05) is 77.6 Å². The third-order valence-corrected chi connectivity index (χ3v) is 6.86. The highest BCUT2D eigenvalue weighted by molar-refractivity contribution is 4.86. The highest BCUT2D eigenvalue weighted by Crippen LogP contribution is 2.45. The molecule has 0 amide bonds. The lowest BCUT2D eigenvalue weighted by Gasteiger charge is -2.36. The van der Waals surface area contributed by atoms with Crippen LogP contribution in [0, 0.1) is 5.41 Å². The average Bonchev–Trinajstić information content (AvgIpc) is 2.87. The van der Waals surface area contributed by atoms with Crippen molar-refractivity contribution < 1.29 is 28.5 Å². The molecule has 0 aromatic carbocycles. The molecule has 0 N–H and O–H groups in total. The molecular weight excluding hydrogens is 405 g/mol. The van der Waals surface area contributed by atoms with E-state index >= 15 is 0 Å². The maximum Gasteiger partial charge on any atom is 0.0843 e. The Labute approximate surface area is 170 Å². The third-order valence-electron chi connectivity index (χ3n) is 6.86. The Hall–Kier alpha value is 0.690. The molecule has 1 heterocycles. The predicted octanol–water partition coefficient (Wildman–Crippen LogP) is 3.71. The van der Waals surface area contributed by atoms with Gasteiger partial charge in [0.2, 0.25) is 0 Å². The zero-order valence-electron chi connectivity index (χ0n) is 16.8. The molecular formula is C22H44IN. The molecule has 2 rings (SSSR count). The first-order chi connectivity index (χ1) is 11.2. The SMILES string of the molecule is CCCCCCCCCCCC[N+]1(C)CCC2(CCCCC2)C1.[I-]. The smallest absolute Gasteiger partial charge is 0.0843 e. The molecule has 2 heteroatoms. The Bertz CT molecular complexity index is 311. The van der Waals surface area contributed by atoms with Crippen molar-refractivity contribution >= 4 is 0 Å². The standard InChI is InChI=1S/C22H44N.HI/c1-3-4-5-6-7-8-9-10-11-15-19-23(2)20-18-22(21-23)16-13-12-14-17-22;/h3-21H2,1-2H3;1H/q+1;/p-1. The number of unbranched alkanes of at least 4 members (excludes halogenated alkanes) is 9. The van der Waals surface area contributed by atoms with Crippen LogP contribution in [0.3, 0.4) is 0 Å². The van der Waals surface area contributed by atoms with Gasteiger partial charge in [-0.2, -0.15) is 0 Å². The van der Waals surface area contributed by atoms with Gasteiger partial charge in [-0.15, -0.1) is 0 Å². The molecule has 1 unspecified atom stereocenters. The van der Waals surface area contributed by atoms with Crippen molar-refractivity contribution in [2.75, 3.05) is 26.7 Å². The van der Waals surface area contributed by atoms with E-state index in [-0.39, 0.29) is 24.0 Å². The summed E-state index contributed by atoms with van der Waals surface area (Å²) in [6, 6.07) is 0. The Kier molecular flexibility index (Phi) is 11.5. The van der Waals surface area contributed by atoms with Crippen LogP contribution in [0.15, 0.2) is 0 Å². The molecule has 1 nitrogen and oxygen atoms in total. The second kappa shape index (κ2) is 12.1. The van der Waals surface area contributed by atoms with Crippen LogP contribution in [0.1, 0.15) is 110 Å². The minimum atomic E-state index is 0. The Morgan fingerprint density at radius 3 is 1.83 bits per heavy atom. The van der Waals surface area contributed by atoms with Crippen molar-refractivity contribution in [2.24, 2.45) is 5.41 Å². The van der Waals surface area contributed by atoms with Gasteiger partial charge in [-0.3, -0.25) is 0 Å². The summed E-state index contributed by atoms with van der Waals surface area (Å²) in [5.74, 6) is 0. The second-order valence-corrected chi connectivity index (χ2v) is 9.22. The zero-order valence-corrected chi connectivity index (χ0v) is 18.9. The monoisotopic (exact) mass is 449 g/mol. The number of hydrogen-bond donors (Lipinski definition) is 0. The van der Waals surface area contributed by atoms with E-state index in [9.17, 15) is 0 Å². The lowest BCUT2D eigenvalue weighted by atomic mass is 9.73. The van der Waals surface area contributed by atoms with Gasteiger partial charge in [0.25, 0.3) is 0 Å². The molecule has 144 valence electrons. The summed E-state index contributed by atoms with van der Waals surface area (Å²) in [7, 11) is 2.55. The van der Waals surface area contributed by atoms with Crippen molar-refractivity contribution in [1.29, 1.82) is 0 Å². The zero-order chi connectivity index (χ0) is 16.4. The summed E-state index contributed by atoms with van der Waals surface area (Å²) in [6.07, 6.45) is 23.8. The maximum atomic E-state index is 2.55. The fraction of sp³-hybridized carbons (Fsp3) is 1.00. The van der Waals surface area contributed by atoms with Gasteiger partial charge in [-0.25, -0.2) is 0 Å². The lowest BCUT2D eigenvalue weighted by Crippen LogP contribution is -3.00. The van der Waals surface area contributed by atoms with Crippen LogP contribution >= 0.6 is 0 Å². The third kappa shape index (κ3) is 7.93. The molecule has 1 saturated carbocycles. The minimum absolute atomic E-state index is 0. The van der Waals surface area contributed by atoms with Gasteiger partial charge in [-0.05, 0) is 25.7 Å². The highest BCUT2D eigenvalue weighted by Gasteiger charge is 2.46. The van der Waals surface area contributed by atoms with Gasteiger partial charge < -0.3 is 28.5 Å². The topological polar surface area (TPSA) is 0 Å². The molecule has 0 aromatic heterocycles. The summed E-state index contributed by atoms with van der Waals surface area (Å²) in [6.45, 7) is 6.74. The number of nitrogens with zero attached hydrogens (tertiary/aromatic N) is 1. The van der Waals surface area contributed by atoms with E-state index in [1.54, 1.807) is 12.8 Å². The van der Waals surface area contributed by atoms with Crippen molar-refractivity contribution in [2.45, 2.75) is 110 Å². The molecule has 1 saturated heterocycles. The summed E-state index contributed by atoms with van der Waals surface area (Å²) in [5.41, 5.74) is 0.769. The van der Waals surface area contributed by atoms with Crippen LogP contribution in [0.5, 0.6) is 0 Å². The van der Waals surface area contributed by atoms with Crippen LogP contribution in [0.2, 0.25) is 0 Å². The van der Waals surface area contributed by atoms with Crippen molar-refractivity contribution in [1.82, 2.24) is 0 Å². The Morgan fingerprint density at radius 2 is 1.25 bits per heavy atom. The summed E-state index contributed by atoms with van der Waals surface area (Å²) in [5, 5.41) is 0. The number of rotatable bonds is 11. The van der Waals surface area contributed by atoms with Gasteiger partial charge in [0.15, 0.2) is 0 Å². The van der Waals surface area contributed by atoms with E-state index in [1.807, 2.05) is 0 Å². The fourth-order valence-corrected chi connectivity index (χ4v) is 5.36. The molecule has 1 spiro atoms. The molecule has 1 aliphatic carbocycles. The van der Waals surface area contributed by atoms with E-state index in [0.29, 0.717) is 0 Å². The van der Waals surface area contributed by atoms with Crippen LogP contribution in [-0.4, -0.2) is 31.2 Å². The van der Waals surface area contributed by atoms with Crippen molar-refractivity contribution in [3.05, 3.63) is 0 Å². The molecule has 0 radical (unpaired) electrons. The van der Waals surface area contributed by atoms with Crippen molar-refractivity contribution in [3.8, 4) is 0 Å². The molecule has 0 bridgehead atoms. The van der Waals surface area contributed by atoms with E-state index in [0.717, 1.165) is 5.41 Å². The number of halogens is 1. The van der Waals surface area contributed by atoms with E-state index in [2.05, 4.69) is 14.0 Å². The molecule has 2 aliphatic rings. The van der Waals surface area contributed by atoms with Crippen LogP contribution in [-0.2, 0) is 0 Å². The fourth-order valence-electron chi connectivity index (χ4n) is 5.36. The van der Waals surface area contributed by atoms with Crippen LogP contribution in [0.4, 0.5) is 0 Å². The highest BCUT2D eigenvalue weighted by atomic mass is 127. The first-order valence-electron chi connectivity index (χ1n) is 11.0. The van der Waals surface area contributed by atoms with Gasteiger partial charge in [0, 0.05) is 11.8 Å². The van der Waals surface area contributed by atoms with E-state index < -0.39 is 0 Å². The Morgan fingerprint density at radius 1 is 0.708 bits per heavy atom. The summed E-state index contributed by atoms with van der Waals surface area (Å²) >= 11 is 0. The molecule has 1 atom stereocenters. The number of quaternary nitrogens is 1. The molecule has 24 heavy (non-hydrogen) atoms. The Balaban J connectivity index is 0.00000288. The first kappa shape index (κ1) is 22.7. The van der Waals surface area contributed by atoms with Gasteiger partial charge >= 0.3 is 0 Å². The molecule has 0 aromatic rings. The van der Waals surface area contributed by atoms with Crippen LogP contribution in [0.25, 0.3) is 0 Å². The van der Waals surface area contributed by atoms with Gasteiger partial charge in [0.1, 0.15) is 0 Å². The average molecular weight is 450 g/mol. The van der Waals surface area contributed by atoms with Gasteiger partial charge in [0.05, 0.1) is 26.7 Å². The van der Waals surface area contributed by atoms with E-state index in [4.69, 9.17) is 0 Å². The van der Waals surface area contributed by atoms with E-state index in [1.165, 1.54) is 114 Å². The first-order valence-corrected chi connectivity index (χ1v) is 11.0. The minimum Gasteiger partial charge on any atom is -1.00 e.